The molecule has 7 heteroatoms. The average molecular weight is 487 g/mol. The summed E-state index contributed by atoms with van der Waals surface area (Å²) in [5, 5.41) is 6.83. The van der Waals surface area contributed by atoms with Crippen molar-refractivity contribution in [3.05, 3.63) is 35.4 Å². The highest BCUT2D eigenvalue weighted by Gasteiger charge is 2.15. The Hall–Kier alpha value is -0.900. The maximum Gasteiger partial charge on any atom is 0.191 e. The molecule has 2 N–H and O–H groups in total. The number of hydrogen-bond donors (Lipinski definition) is 2. The zero-order chi connectivity index (χ0) is 18.0. The number of nitrogens with one attached hydrogen (secondary N) is 2. The Bertz CT molecular complexity index is 577. The van der Waals surface area contributed by atoms with Crippen molar-refractivity contribution >= 4 is 29.9 Å². The van der Waals surface area contributed by atoms with Gasteiger partial charge in [-0.2, -0.15) is 0 Å². The number of hydrogen-bond acceptors (Lipinski definition) is 4. The lowest BCUT2D eigenvalue weighted by Crippen LogP contribution is -2.43. The molecule has 6 nitrogen and oxygen atoms in total. The predicted octanol–water partition coefficient (Wildman–Crippen LogP) is 1.55. The van der Waals surface area contributed by atoms with Crippen molar-refractivity contribution in [3.8, 4) is 0 Å². The largest absolute Gasteiger partial charge is 0.379 e. The highest BCUT2D eigenvalue weighted by molar-refractivity contribution is 14.0. The van der Waals surface area contributed by atoms with E-state index in [9.17, 15) is 0 Å². The molecule has 0 aliphatic carbocycles. The summed E-state index contributed by atoms with van der Waals surface area (Å²) in [5.74, 6) is 0.929. The molecule has 0 atom stereocenters. The van der Waals surface area contributed by atoms with Gasteiger partial charge in [-0.3, -0.25) is 14.8 Å². The van der Waals surface area contributed by atoms with Crippen LogP contribution in [0.25, 0.3) is 0 Å². The summed E-state index contributed by atoms with van der Waals surface area (Å²) in [4.78, 5) is 9.66. The van der Waals surface area contributed by atoms with E-state index in [2.05, 4.69) is 51.6 Å². The fourth-order valence-corrected chi connectivity index (χ4v) is 3.55. The number of morpholine rings is 1. The van der Waals surface area contributed by atoms with Gasteiger partial charge < -0.3 is 15.4 Å². The molecule has 2 aliphatic heterocycles. The van der Waals surface area contributed by atoms with E-state index >= 15 is 0 Å². The first-order valence-electron chi connectivity index (χ1n) is 9.96. The zero-order valence-corrected chi connectivity index (χ0v) is 18.8. The van der Waals surface area contributed by atoms with Gasteiger partial charge in [-0.05, 0) is 24.5 Å². The predicted molar refractivity (Wildman–Crippen MR) is 122 cm³/mol. The van der Waals surface area contributed by atoms with Gasteiger partial charge in [0, 0.05) is 52.4 Å². The Morgan fingerprint density at radius 1 is 1.04 bits per heavy atom. The van der Waals surface area contributed by atoms with E-state index in [0.29, 0.717) is 0 Å². The van der Waals surface area contributed by atoms with Gasteiger partial charge in [0.05, 0.1) is 19.8 Å². The number of benzene rings is 1. The van der Waals surface area contributed by atoms with Gasteiger partial charge in [-0.15, -0.1) is 24.0 Å². The topological polar surface area (TPSA) is 52.1 Å². The monoisotopic (exact) mass is 487 g/mol. The molecule has 1 aromatic rings. The average Bonchev–Trinajstić information content (AvgIpc) is 2.69. The number of rotatable bonds is 7. The molecule has 1 aromatic carbocycles. The molecule has 0 bridgehead atoms. The van der Waals surface area contributed by atoms with Gasteiger partial charge in [0.2, 0.25) is 0 Å². The smallest absolute Gasteiger partial charge is 0.191 e. The Morgan fingerprint density at radius 3 is 2.59 bits per heavy atom. The van der Waals surface area contributed by atoms with Crippen LogP contribution < -0.4 is 10.6 Å². The summed E-state index contributed by atoms with van der Waals surface area (Å²) in [6.45, 7) is 12.7. The minimum atomic E-state index is 0. The molecule has 1 fully saturated rings. The van der Waals surface area contributed by atoms with E-state index in [-0.39, 0.29) is 24.0 Å². The standard InChI is InChI=1S/C20H33N5O.HI/c1-2-21-20(22-8-11-24-13-15-26-16-14-24)23-9-12-25-10-7-18-5-3-4-6-19(18)17-25;/h3-6H,2,7-17H2,1H3,(H2,21,22,23);1H. The van der Waals surface area contributed by atoms with Crippen LogP contribution in [0.5, 0.6) is 0 Å². The van der Waals surface area contributed by atoms with Crippen LogP contribution >= 0.6 is 24.0 Å². The van der Waals surface area contributed by atoms with Crippen LogP contribution in [0.1, 0.15) is 18.1 Å². The molecule has 0 aromatic heterocycles. The highest BCUT2D eigenvalue weighted by Crippen LogP contribution is 2.17. The fourth-order valence-electron chi connectivity index (χ4n) is 3.55. The maximum atomic E-state index is 5.39. The van der Waals surface area contributed by atoms with Gasteiger partial charge in [0.1, 0.15) is 0 Å². The molecule has 27 heavy (non-hydrogen) atoms. The first kappa shape index (κ1) is 22.4. The van der Waals surface area contributed by atoms with E-state index in [1.165, 1.54) is 11.1 Å². The van der Waals surface area contributed by atoms with Crippen LogP contribution in [0.2, 0.25) is 0 Å². The third kappa shape index (κ3) is 7.56. The molecule has 2 heterocycles. The van der Waals surface area contributed by atoms with Crippen LogP contribution in [0.15, 0.2) is 29.3 Å². The minimum absolute atomic E-state index is 0. The summed E-state index contributed by atoms with van der Waals surface area (Å²) in [6.07, 6.45) is 1.16. The van der Waals surface area contributed by atoms with Crippen LogP contribution in [0.3, 0.4) is 0 Å². The molecule has 0 radical (unpaired) electrons. The second kappa shape index (κ2) is 12.5. The van der Waals surface area contributed by atoms with Crippen molar-refractivity contribution in [1.82, 2.24) is 20.4 Å². The van der Waals surface area contributed by atoms with Gasteiger partial charge in [0.25, 0.3) is 0 Å². The van der Waals surface area contributed by atoms with Gasteiger partial charge in [0.15, 0.2) is 5.96 Å². The van der Waals surface area contributed by atoms with E-state index in [0.717, 1.165) is 84.5 Å². The van der Waals surface area contributed by atoms with E-state index in [4.69, 9.17) is 9.73 Å². The Morgan fingerprint density at radius 2 is 1.81 bits per heavy atom. The molecule has 1 saturated heterocycles. The van der Waals surface area contributed by atoms with Gasteiger partial charge in [-0.25, -0.2) is 0 Å². The van der Waals surface area contributed by atoms with E-state index in [1.807, 2.05) is 0 Å². The fraction of sp³-hybridized carbons (Fsp3) is 0.650. The summed E-state index contributed by atoms with van der Waals surface area (Å²) in [6, 6.07) is 8.80. The number of aliphatic imine (C=N–C) groups is 1. The first-order chi connectivity index (χ1) is 12.8. The molecular formula is C20H34IN5O. The third-order valence-electron chi connectivity index (χ3n) is 5.06. The Balaban J connectivity index is 0.00000261. The van der Waals surface area contributed by atoms with Gasteiger partial charge in [-0.1, -0.05) is 24.3 Å². The summed E-state index contributed by atoms with van der Waals surface area (Å²) >= 11 is 0. The highest BCUT2D eigenvalue weighted by atomic mass is 127. The summed E-state index contributed by atoms with van der Waals surface area (Å²) in [5.41, 5.74) is 2.99. The van der Waals surface area contributed by atoms with Crippen molar-refractivity contribution in [2.75, 3.05) is 65.6 Å². The van der Waals surface area contributed by atoms with Crippen molar-refractivity contribution in [3.63, 3.8) is 0 Å². The zero-order valence-electron chi connectivity index (χ0n) is 16.5. The van der Waals surface area contributed by atoms with Crippen molar-refractivity contribution in [2.24, 2.45) is 4.99 Å². The van der Waals surface area contributed by atoms with Crippen LogP contribution in [0, 0.1) is 0 Å². The summed E-state index contributed by atoms with van der Waals surface area (Å²) < 4.78 is 5.39. The lowest BCUT2D eigenvalue weighted by Gasteiger charge is -2.29. The number of guanidine groups is 1. The number of fused-ring (bicyclic) bond motifs is 1. The van der Waals surface area contributed by atoms with E-state index < -0.39 is 0 Å². The number of halogens is 1. The maximum absolute atomic E-state index is 5.39. The Kier molecular flexibility index (Phi) is 10.4. The molecular weight excluding hydrogens is 453 g/mol. The number of ether oxygens (including phenoxy) is 1. The molecule has 3 rings (SSSR count). The normalized spacial score (nSPS) is 18.5. The minimum Gasteiger partial charge on any atom is -0.379 e. The second-order valence-corrected chi connectivity index (χ2v) is 6.94. The van der Waals surface area contributed by atoms with Crippen LogP contribution in [-0.4, -0.2) is 81.3 Å². The first-order valence-corrected chi connectivity index (χ1v) is 9.96. The molecule has 0 saturated carbocycles. The van der Waals surface area contributed by atoms with Gasteiger partial charge >= 0.3 is 0 Å². The quantitative estimate of drug-likeness (QED) is 0.348. The van der Waals surface area contributed by atoms with E-state index in [1.54, 1.807) is 0 Å². The molecule has 0 amide bonds. The number of nitrogens with zero attached hydrogens (tertiary/aromatic N) is 3. The third-order valence-corrected chi connectivity index (χ3v) is 5.06. The second-order valence-electron chi connectivity index (χ2n) is 6.94. The van der Waals surface area contributed by atoms with Crippen LogP contribution in [0.4, 0.5) is 0 Å². The Labute approximate surface area is 180 Å². The van der Waals surface area contributed by atoms with Crippen molar-refractivity contribution in [2.45, 2.75) is 19.9 Å². The lowest BCUT2D eigenvalue weighted by atomic mass is 10.00. The lowest BCUT2D eigenvalue weighted by molar-refractivity contribution is 0.0394. The van der Waals surface area contributed by atoms with Crippen molar-refractivity contribution < 1.29 is 4.74 Å². The van der Waals surface area contributed by atoms with Crippen molar-refractivity contribution in [1.29, 1.82) is 0 Å². The molecule has 2 aliphatic rings. The SMILES string of the molecule is CCNC(=NCCN1CCOCC1)NCCN1CCc2ccccc2C1.I. The molecule has 152 valence electrons. The van der Waals surface area contributed by atoms with Crippen LogP contribution in [-0.2, 0) is 17.7 Å². The summed E-state index contributed by atoms with van der Waals surface area (Å²) in [7, 11) is 0. The molecule has 0 spiro atoms. The molecule has 0 unspecified atom stereocenters.